The summed E-state index contributed by atoms with van der Waals surface area (Å²) in [7, 11) is 0. The highest BCUT2D eigenvalue weighted by atomic mass is 15.1. The Morgan fingerprint density at radius 2 is 2.12 bits per heavy atom. The number of aromatic amines is 1. The van der Waals surface area contributed by atoms with Gasteiger partial charge in [-0.25, -0.2) is 0 Å². The molecule has 0 aliphatic carbocycles. The minimum absolute atomic E-state index is 0.990. The molecule has 2 N–H and O–H groups in total. The van der Waals surface area contributed by atoms with Gasteiger partial charge < -0.3 is 15.2 Å². The Labute approximate surface area is 98.2 Å². The van der Waals surface area contributed by atoms with E-state index in [1.54, 1.807) is 0 Å². The fourth-order valence-corrected chi connectivity index (χ4v) is 2.31. The molecule has 90 valence electrons. The van der Waals surface area contributed by atoms with E-state index in [1.165, 1.54) is 50.9 Å². The number of H-pyrrole nitrogens is 1. The largest absolute Gasteiger partial charge is 0.367 e. The highest BCUT2D eigenvalue weighted by molar-refractivity contribution is 5.07. The smallest absolute Gasteiger partial charge is 0.0220 e. The highest BCUT2D eigenvalue weighted by Crippen LogP contribution is 2.08. The Balaban J connectivity index is 1.48. The van der Waals surface area contributed by atoms with Crippen LogP contribution < -0.4 is 5.32 Å². The topological polar surface area (TPSA) is 31.1 Å². The number of aromatic nitrogens is 1. The van der Waals surface area contributed by atoms with Gasteiger partial charge in [0.15, 0.2) is 0 Å². The minimum atomic E-state index is 0.990. The predicted molar refractivity (Wildman–Crippen MR) is 67.4 cm³/mol. The van der Waals surface area contributed by atoms with Crippen LogP contribution in [0.4, 0.5) is 0 Å². The zero-order valence-corrected chi connectivity index (χ0v) is 10.0. The van der Waals surface area contributed by atoms with Crippen molar-refractivity contribution in [1.82, 2.24) is 15.2 Å². The summed E-state index contributed by atoms with van der Waals surface area (Å²) in [5, 5.41) is 3.48. The minimum Gasteiger partial charge on any atom is -0.367 e. The van der Waals surface area contributed by atoms with Crippen molar-refractivity contribution in [2.75, 3.05) is 26.2 Å². The molecule has 0 bridgehead atoms. The molecule has 3 heteroatoms. The lowest BCUT2D eigenvalue weighted by Crippen LogP contribution is -2.32. The molecule has 2 heterocycles. The molecule has 1 saturated heterocycles. The Hall–Kier alpha value is -0.800. The number of likely N-dealkylation sites (tertiary alicyclic amines) is 1. The van der Waals surface area contributed by atoms with Gasteiger partial charge in [-0.1, -0.05) is 6.42 Å². The molecular formula is C13H23N3. The first-order chi connectivity index (χ1) is 7.95. The maximum Gasteiger partial charge on any atom is 0.0220 e. The SMILES string of the molecule is c1cc(CNCCCN2CCCCC2)c[nH]1. The summed E-state index contributed by atoms with van der Waals surface area (Å²) in [5.41, 5.74) is 1.35. The standard InChI is InChI=1S/C13H23N3/c1-2-8-16(9-3-1)10-4-6-14-11-13-5-7-15-12-13/h5,7,12,14-15H,1-4,6,8-11H2. The third-order valence-electron chi connectivity index (χ3n) is 3.27. The molecule has 3 nitrogen and oxygen atoms in total. The third kappa shape index (κ3) is 3.99. The lowest BCUT2D eigenvalue weighted by Gasteiger charge is -2.26. The van der Waals surface area contributed by atoms with Crippen molar-refractivity contribution in [2.45, 2.75) is 32.2 Å². The van der Waals surface area contributed by atoms with Crippen LogP contribution in [0.15, 0.2) is 18.5 Å². The van der Waals surface area contributed by atoms with Crippen LogP contribution in [-0.4, -0.2) is 36.1 Å². The molecule has 0 aromatic carbocycles. The first-order valence-electron chi connectivity index (χ1n) is 6.50. The molecule has 2 rings (SSSR count). The molecular weight excluding hydrogens is 198 g/mol. The highest BCUT2D eigenvalue weighted by Gasteiger charge is 2.08. The fourth-order valence-electron chi connectivity index (χ4n) is 2.31. The van der Waals surface area contributed by atoms with Gasteiger partial charge in [-0.15, -0.1) is 0 Å². The molecule has 0 spiro atoms. The van der Waals surface area contributed by atoms with Crippen LogP contribution in [0.25, 0.3) is 0 Å². The summed E-state index contributed by atoms with van der Waals surface area (Å²) in [6.07, 6.45) is 9.53. The molecule has 1 aromatic heterocycles. The van der Waals surface area contributed by atoms with Crippen LogP contribution in [0.3, 0.4) is 0 Å². The molecule has 1 aromatic rings. The summed E-state index contributed by atoms with van der Waals surface area (Å²) >= 11 is 0. The summed E-state index contributed by atoms with van der Waals surface area (Å²) in [4.78, 5) is 5.67. The quantitative estimate of drug-likeness (QED) is 0.720. The Morgan fingerprint density at radius 1 is 1.25 bits per heavy atom. The zero-order valence-electron chi connectivity index (χ0n) is 10.0. The first-order valence-corrected chi connectivity index (χ1v) is 6.50. The molecule has 0 amide bonds. The summed E-state index contributed by atoms with van der Waals surface area (Å²) in [5.74, 6) is 0. The number of hydrogen-bond donors (Lipinski definition) is 2. The average molecular weight is 221 g/mol. The van der Waals surface area contributed by atoms with Gasteiger partial charge in [0, 0.05) is 18.9 Å². The molecule has 0 atom stereocenters. The Morgan fingerprint density at radius 3 is 2.88 bits per heavy atom. The molecule has 1 fully saturated rings. The van der Waals surface area contributed by atoms with Crippen molar-refractivity contribution in [1.29, 1.82) is 0 Å². The van der Waals surface area contributed by atoms with E-state index in [-0.39, 0.29) is 0 Å². The number of nitrogens with zero attached hydrogens (tertiary/aromatic N) is 1. The van der Waals surface area contributed by atoms with Gasteiger partial charge >= 0.3 is 0 Å². The van der Waals surface area contributed by atoms with E-state index in [4.69, 9.17) is 0 Å². The van der Waals surface area contributed by atoms with Crippen LogP contribution in [-0.2, 0) is 6.54 Å². The van der Waals surface area contributed by atoms with Crippen molar-refractivity contribution in [3.8, 4) is 0 Å². The molecule has 1 aliphatic heterocycles. The van der Waals surface area contributed by atoms with Crippen LogP contribution in [0, 0.1) is 0 Å². The molecule has 0 radical (unpaired) electrons. The van der Waals surface area contributed by atoms with Crippen molar-refractivity contribution in [2.24, 2.45) is 0 Å². The maximum atomic E-state index is 3.48. The van der Waals surface area contributed by atoms with Gasteiger partial charge in [-0.05, 0) is 57.1 Å². The third-order valence-corrected chi connectivity index (χ3v) is 3.27. The van der Waals surface area contributed by atoms with E-state index in [1.807, 2.05) is 6.20 Å². The Kier molecular flexibility index (Phi) is 4.90. The second-order valence-electron chi connectivity index (χ2n) is 4.65. The van der Waals surface area contributed by atoms with E-state index in [0.717, 1.165) is 13.1 Å². The first kappa shape index (κ1) is 11.7. The zero-order chi connectivity index (χ0) is 11.1. The summed E-state index contributed by atoms with van der Waals surface area (Å²) in [6.45, 7) is 6.01. The number of rotatable bonds is 6. The summed E-state index contributed by atoms with van der Waals surface area (Å²) in [6, 6.07) is 2.12. The van der Waals surface area contributed by atoms with Gasteiger partial charge in [0.2, 0.25) is 0 Å². The van der Waals surface area contributed by atoms with Gasteiger partial charge in [-0.2, -0.15) is 0 Å². The Bertz CT molecular complexity index is 263. The van der Waals surface area contributed by atoms with Crippen LogP contribution in [0.5, 0.6) is 0 Å². The molecule has 1 aliphatic rings. The lowest BCUT2D eigenvalue weighted by molar-refractivity contribution is 0.225. The van der Waals surface area contributed by atoms with E-state index >= 15 is 0 Å². The normalized spacial score (nSPS) is 17.8. The summed E-state index contributed by atoms with van der Waals surface area (Å²) < 4.78 is 0. The van der Waals surface area contributed by atoms with Gasteiger partial charge in [0.1, 0.15) is 0 Å². The van der Waals surface area contributed by atoms with E-state index < -0.39 is 0 Å². The fraction of sp³-hybridized carbons (Fsp3) is 0.692. The molecule has 0 unspecified atom stereocenters. The number of hydrogen-bond acceptors (Lipinski definition) is 2. The van der Waals surface area contributed by atoms with E-state index in [9.17, 15) is 0 Å². The average Bonchev–Trinajstić information content (AvgIpc) is 2.83. The lowest BCUT2D eigenvalue weighted by atomic mass is 10.1. The van der Waals surface area contributed by atoms with E-state index in [2.05, 4.69) is 27.5 Å². The van der Waals surface area contributed by atoms with E-state index in [0.29, 0.717) is 0 Å². The van der Waals surface area contributed by atoms with Crippen molar-refractivity contribution >= 4 is 0 Å². The number of nitrogens with one attached hydrogen (secondary N) is 2. The van der Waals surface area contributed by atoms with Crippen LogP contribution in [0.1, 0.15) is 31.2 Å². The monoisotopic (exact) mass is 221 g/mol. The van der Waals surface area contributed by atoms with Crippen molar-refractivity contribution in [3.63, 3.8) is 0 Å². The van der Waals surface area contributed by atoms with Gasteiger partial charge in [0.05, 0.1) is 0 Å². The van der Waals surface area contributed by atoms with Crippen LogP contribution >= 0.6 is 0 Å². The van der Waals surface area contributed by atoms with Crippen molar-refractivity contribution in [3.05, 3.63) is 24.0 Å². The van der Waals surface area contributed by atoms with Crippen molar-refractivity contribution < 1.29 is 0 Å². The van der Waals surface area contributed by atoms with Crippen LogP contribution in [0.2, 0.25) is 0 Å². The second kappa shape index (κ2) is 6.71. The molecule has 16 heavy (non-hydrogen) atoms. The second-order valence-corrected chi connectivity index (χ2v) is 4.65. The maximum absolute atomic E-state index is 3.48. The van der Waals surface area contributed by atoms with Gasteiger partial charge in [0.25, 0.3) is 0 Å². The molecule has 0 saturated carbocycles. The number of piperidine rings is 1. The predicted octanol–water partition coefficient (Wildman–Crippen LogP) is 1.98. The van der Waals surface area contributed by atoms with Gasteiger partial charge in [-0.3, -0.25) is 0 Å².